The molecule has 0 aliphatic rings. The van der Waals surface area contributed by atoms with Crippen LogP contribution in [0.25, 0.3) is 0 Å². The predicted octanol–water partition coefficient (Wildman–Crippen LogP) is 2.46. The van der Waals surface area contributed by atoms with Crippen LogP contribution in [0.1, 0.15) is 11.4 Å². The highest BCUT2D eigenvalue weighted by Crippen LogP contribution is 2.19. The lowest BCUT2D eigenvalue weighted by Crippen LogP contribution is -1.91. The standard InChI is InChI=1S/C10H8N4S/c1-7-6-15-10(13-7)14-9-3-2-8(4-11)12-5-9/h2-3,5-6H,1H3,(H,13,14). The fourth-order valence-corrected chi connectivity index (χ4v) is 1.78. The summed E-state index contributed by atoms with van der Waals surface area (Å²) in [5, 5.41) is 14.5. The van der Waals surface area contributed by atoms with Gasteiger partial charge in [0, 0.05) is 5.38 Å². The number of nitrogens with one attached hydrogen (secondary N) is 1. The van der Waals surface area contributed by atoms with Crippen molar-refractivity contribution in [1.82, 2.24) is 9.97 Å². The molecular formula is C10H8N4S. The van der Waals surface area contributed by atoms with E-state index in [-0.39, 0.29) is 0 Å². The number of thiazole rings is 1. The lowest BCUT2D eigenvalue weighted by molar-refractivity contribution is 1.24. The average molecular weight is 216 g/mol. The molecule has 0 aliphatic heterocycles. The van der Waals surface area contributed by atoms with Gasteiger partial charge in [-0.1, -0.05) is 0 Å². The fraction of sp³-hybridized carbons (Fsp3) is 0.100. The summed E-state index contributed by atoms with van der Waals surface area (Å²) in [7, 11) is 0. The molecule has 0 radical (unpaired) electrons. The maximum atomic E-state index is 8.58. The van der Waals surface area contributed by atoms with Crippen molar-refractivity contribution in [2.24, 2.45) is 0 Å². The molecule has 0 bridgehead atoms. The second kappa shape index (κ2) is 4.07. The minimum Gasteiger partial charge on any atom is -0.330 e. The van der Waals surface area contributed by atoms with Crippen LogP contribution in [0.4, 0.5) is 10.8 Å². The third-order valence-electron chi connectivity index (χ3n) is 1.75. The Bertz CT molecular complexity index is 495. The first-order chi connectivity index (χ1) is 7.28. The second-order valence-electron chi connectivity index (χ2n) is 2.96. The highest BCUT2D eigenvalue weighted by Gasteiger charge is 1.99. The number of hydrogen-bond donors (Lipinski definition) is 1. The minimum absolute atomic E-state index is 0.413. The third-order valence-corrected chi connectivity index (χ3v) is 2.62. The molecule has 2 aromatic heterocycles. The van der Waals surface area contributed by atoms with E-state index in [2.05, 4.69) is 15.3 Å². The van der Waals surface area contributed by atoms with E-state index in [0.717, 1.165) is 16.5 Å². The van der Waals surface area contributed by atoms with Gasteiger partial charge in [0.1, 0.15) is 11.8 Å². The summed E-state index contributed by atoms with van der Waals surface area (Å²) in [4.78, 5) is 8.22. The number of pyridine rings is 1. The molecule has 0 atom stereocenters. The maximum absolute atomic E-state index is 8.58. The molecule has 15 heavy (non-hydrogen) atoms. The maximum Gasteiger partial charge on any atom is 0.187 e. The molecule has 2 heterocycles. The van der Waals surface area contributed by atoms with Gasteiger partial charge in [-0.3, -0.25) is 0 Å². The zero-order valence-corrected chi connectivity index (χ0v) is 8.88. The lowest BCUT2D eigenvalue weighted by atomic mass is 10.3. The summed E-state index contributed by atoms with van der Waals surface area (Å²) in [5.74, 6) is 0. The van der Waals surface area contributed by atoms with Gasteiger partial charge in [0.2, 0.25) is 0 Å². The molecule has 0 saturated carbocycles. The van der Waals surface area contributed by atoms with Crippen molar-refractivity contribution in [1.29, 1.82) is 5.26 Å². The van der Waals surface area contributed by atoms with Crippen LogP contribution in [0.15, 0.2) is 23.7 Å². The fourth-order valence-electron chi connectivity index (χ4n) is 1.07. The van der Waals surface area contributed by atoms with Gasteiger partial charge < -0.3 is 5.32 Å². The largest absolute Gasteiger partial charge is 0.330 e. The van der Waals surface area contributed by atoms with Crippen LogP contribution in [-0.2, 0) is 0 Å². The van der Waals surface area contributed by atoms with Gasteiger partial charge in [-0.05, 0) is 19.1 Å². The molecule has 0 amide bonds. The van der Waals surface area contributed by atoms with Crippen molar-refractivity contribution in [2.45, 2.75) is 6.92 Å². The van der Waals surface area contributed by atoms with E-state index >= 15 is 0 Å². The van der Waals surface area contributed by atoms with E-state index in [1.165, 1.54) is 11.3 Å². The zero-order chi connectivity index (χ0) is 10.7. The Morgan fingerprint density at radius 1 is 1.47 bits per heavy atom. The highest BCUT2D eigenvalue weighted by atomic mass is 32.1. The molecule has 0 fully saturated rings. The Hall–Kier alpha value is -1.93. The number of nitrogens with zero attached hydrogens (tertiary/aromatic N) is 3. The van der Waals surface area contributed by atoms with Gasteiger partial charge in [0.25, 0.3) is 0 Å². The first-order valence-corrected chi connectivity index (χ1v) is 5.21. The Morgan fingerprint density at radius 2 is 2.33 bits per heavy atom. The zero-order valence-electron chi connectivity index (χ0n) is 8.06. The van der Waals surface area contributed by atoms with Crippen molar-refractivity contribution < 1.29 is 0 Å². The molecule has 74 valence electrons. The molecule has 2 rings (SSSR count). The molecule has 2 aromatic rings. The van der Waals surface area contributed by atoms with E-state index in [4.69, 9.17) is 5.26 Å². The van der Waals surface area contributed by atoms with E-state index < -0.39 is 0 Å². The number of rotatable bonds is 2. The van der Waals surface area contributed by atoms with Crippen LogP contribution in [0.3, 0.4) is 0 Å². The second-order valence-corrected chi connectivity index (χ2v) is 3.82. The molecule has 0 aromatic carbocycles. The smallest absolute Gasteiger partial charge is 0.187 e. The van der Waals surface area contributed by atoms with E-state index in [0.29, 0.717) is 5.69 Å². The summed E-state index contributed by atoms with van der Waals surface area (Å²) in [6.07, 6.45) is 1.62. The molecule has 4 nitrogen and oxygen atoms in total. The van der Waals surface area contributed by atoms with E-state index in [1.54, 1.807) is 12.3 Å². The number of aromatic nitrogens is 2. The molecule has 0 unspecified atom stereocenters. The molecule has 5 heteroatoms. The monoisotopic (exact) mass is 216 g/mol. The van der Waals surface area contributed by atoms with Crippen LogP contribution in [-0.4, -0.2) is 9.97 Å². The van der Waals surface area contributed by atoms with Gasteiger partial charge in [0.15, 0.2) is 5.13 Å². The number of aryl methyl sites for hydroxylation is 1. The first-order valence-electron chi connectivity index (χ1n) is 4.33. The van der Waals surface area contributed by atoms with Crippen LogP contribution >= 0.6 is 11.3 Å². The van der Waals surface area contributed by atoms with Crippen LogP contribution in [0, 0.1) is 18.3 Å². The van der Waals surface area contributed by atoms with Gasteiger partial charge in [-0.2, -0.15) is 5.26 Å². The molecule has 0 saturated heterocycles. The van der Waals surface area contributed by atoms with Crippen molar-refractivity contribution >= 4 is 22.2 Å². The number of nitriles is 1. The predicted molar refractivity (Wildman–Crippen MR) is 59.1 cm³/mol. The summed E-state index contributed by atoms with van der Waals surface area (Å²) in [6, 6.07) is 5.45. The number of anilines is 2. The lowest BCUT2D eigenvalue weighted by Gasteiger charge is -2.00. The Morgan fingerprint density at radius 3 is 2.87 bits per heavy atom. The quantitative estimate of drug-likeness (QED) is 0.837. The molecule has 0 spiro atoms. The minimum atomic E-state index is 0.413. The third kappa shape index (κ3) is 2.30. The first kappa shape index (κ1) is 9.62. The summed E-state index contributed by atoms with van der Waals surface area (Å²) in [6.45, 7) is 1.94. The summed E-state index contributed by atoms with van der Waals surface area (Å²) in [5.41, 5.74) is 2.24. The van der Waals surface area contributed by atoms with Gasteiger partial charge >= 0.3 is 0 Å². The summed E-state index contributed by atoms with van der Waals surface area (Å²) >= 11 is 1.54. The topological polar surface area (TPSA) is 61.6 Å². The Balaban J connectivity index is 2.15. The van der Waals surface area contributed by atoms with Crippen molar-refractivity contribution in [3.63, 3.8) is 0 Å². The Kier molecular flexibility index (Phi) is 2.61. The van der Waals surface area contributed by atoms with Gasteiger partial charge in [-0.25, -0.2) is 9.97 Å². The van der Waals surface area contributed by atoms with Crippen molar-refractivity contribution in [2.75, 3.05) is 5.32 Å². The van der Waals surface area contributed by atoms with Gasteiger partial charge in [0.05, 0.1) is 17.6 Å². The SMILES string of the molecule is Cc1csc(Nc2ccc(C#N)nc2)n1. The molecule has 1 N–H and O–H groups in total. The van der Waals surface area contributed by atoms with Crippen molar-refractivity contribution in [3.8, 4) is 6.07 Å². The Labute approximate surface area is 91.2 Å². The summed E-state index contributed by atoms with van der Waals surface area (Å²) < 4.78 is 0. The normalized spacial score (nSPS) is 9.60. The highest BCUT2D eigenvalue weighted by molar-refractivity contribution is 7.13. The molecular weight excluding hydrogens is 208 g/mol. The number of hydrogen-bond acceptors (Lipinski definition) is 5. The van der Waals surface area contributed by atoms with Crippen LogP contribution in [0.2, 0.25) is 0 Å². The average Bonchev–Trinajstić information content (AvgIpc) is 2.65. The van der Waals surface area contributed by atoms with Crippen molar-refractivity contribution in [3.05, 3.63) is 35.1 Å². The van der Waals surface area contributed by atoms with Crippen LogP contribution in [0.5, 0.6) is 0 Å². The van der Waals surface area contributed by atoms with Gasteiger partial charge in [-0.15, -0.1) is 11.3 Å². The van der Waals surface area contributed by atoms with E-state index in [9.17, 15) is 0 Å². The van der Waals surface area contributed by atoms with Crippen LogP contribution < -0.4 is 5.32 Å². The van der Waals surface area contributed by atoms with E-state index in [1.807, 2.05) is 24.4 Å². The molecule has 0 aliphatic carbocycles.